The number of anilines is 1. The molecule has 0 spiro atoms. The number of benzene rings is 2. The van der Waals surface area contributed by atoms with Crippen molar-refractivity contribution in [1.82, 2.24) is 10.3 Å². The molecular formula is C22H23N3O2. The molecule has 27 heavy (non-hydrogen) atoms. The first-order chi connectivity index (χ1) is 13.0. The van der Waals surface area contributed by atoms with E-state index in [4.69, 9.17) is 0 Å². The zero-order valence-electron chi connectivity index (χ0n) is 15.8. The molecule has 0 aliphatic heterocycles. The molecule has 1 heterocycles. The molecule has 0 unspecified atom stereocenters. The van der Waals surface area contributed by atoms with Crippen LogP contribution in [0.2, 0.25) is 0 Å². The summed E-state index contributed by atoms with van der Waals surface area (Å²) in [6, 6.07) is 15.1. The lowest BCUT2D eigenvalue weighted by Crippen LogP contribution is -2.18. The fourth-order valence-corrected chi connectivity index (χ4v) is 3.14. The van der Waals surface area contributed by atoms with Gasteiger partial charge in [0.15, 0.2) is 0 Å². The Balaban J connectivity index is 1.83. The summed E-state index contributed by atoms with van der Waals surface area (Å²) in [7, 11) is 1.62. The van der Waals surface area contributed by atoms with Gasteiger partial charge in [-0.2, -0.15) is 0 Å². The summed E-state index contributed by atoms with van der Waals surface area (Å²) in [6.07, 6.45) is 0.940. The van der Waals surface area contributed by atoms with Crippen molar-refractivity contribution in [2.24, 2.45) is 0 Å². The van der Waals surface area contributed by atoms with Gasteiger partial charge in [0.05, 0.1) is 5.52 Å². The van der Waals surface area contributed by atoms with E-state index in [-0.39, 0.29) is 11.8 Å². The fourth-order valence-electron chi connectivity index (χ4n) is 3.14. The average Bonchev–Trinajstić information content (AvgIpc) is 2.66. The van der Waals surface area contributed by atoms with Gasteiger partial charge in [0.1, 0.15) is 0 Å². The highest BCUT2D eigenvalue weighted by atomic mass is 16.2. The van der Waals surface area contributed by atoms with Crippen LogP contribution in [0.1, 0.15) is 33.6 Å². The van der Waals surface area contributed by atoms with Gasteiger partial charge in [-0.1, -0.05) is 24.3 Å². The van der Waals surface area contributed by atoms with Crippen molar-refractivity contribution in [3.05, 3.63) is 70.9 Å². The smallest absolute Gasteiger partial charge is 0.255 e. The van der Waals surface area contributed by atoms with Gasteiger partial charge in [-0.15, -0.1) is 0 Å². The first kappa shape index (κ1) is 18.6. The highest BCUT2D eigenvalue weighted by Gasteiger charge is 2.12. The minimum atomic E-state index is -0.190. The van der Waals surface area contributed by atoms with Crippen LogP contribution in [0.15, 0.2) is 48.5 Å². The lowest BCUT2D eigenvalue weighted by Gasteiger charge is -2.12. The van der Waals surface area contributed by atoms with Crippen LogP contribution in [0, 0.1) is 13.8 Å². The van der Waals surface area contributed by atoms with Crippen LogP contribution >= 0.6 is 0 Å². The van der Waals surface area contributed by atoms with Crippen LogP contribution < -0.4 is 10.6 Å². The van der Waals surface area contributed by atoms with E-state index in [0.717, 1.165) is 33.4 Å². The number of fused-ring (bicyclic) bond motifs is 1. The predicted molar refractivity (Wildman–Crippen MR) is 108 cm³/mol. The molecule has 0 atom stereocenters. The Bertz CT molecular complexity index is 1010. The van der Waals surface area contributed by atoms with Gasteiger partial charge in [-0.3, -0.25) is 14.6 Å². The van der Waals surface area contributed by atoms with Crippen molar-refractivity contribution in [3.63, 3.8) is 0 Å². The van der Waals surface area contributed by atoms with Crippen molar-refractivity contribution >= 4 is 28.4 Å². The summed E-state index contributed by atoms with van der Waals surface area (Å²) in [5, 5.41) is 6.62. The molecule has 0 bridgehead atoms. The molecule has 5 nitrogen and oxygen atoms in total. The lowest BCUT2D eigenvalue weighted by molar-refractivity contribution is -0.120. The quantitative estimate of drug-likeness (QED) is 0.726. The number of carbonyl (C=O) groups is 2. The number of aromatic nitrogens is 1. The van der Waals surface area contributed by atoms with Gasteiger partial charge in [-0.05, 0) is 55.7 Å². The average molecular weight is 361 g/mol. The highest BCUT2D eigenvalue weighted by molar-refractivity contribution is 6.06. The molecule has 0 radical (unpaired) electrons. The number of para-hydroxylation sites is 1. The van der Waals surface area contributed by atoms with Gasteiger partial charge in [-0.25, -0.2) is 0 Å². The molecule has 0 saturated carbocycles. The van der Waals surface area contributed by atoms with Crippen LogP contribution in [0.3, 0.4) is 0 Å². The van der Waals surface area contributed by atoms with Crippen molar-refractivity contribution in [2.45, 2.75) is 26.7 Å². The van der Waals surface area contributed by atoms with E-state index in [9.17, 15) is 9.59 Å². The Morgan fingerprint density at radius 1 is 1.04 bits per heavy atom. The molecule has 3 rings (SSSR count). The van der Waals surface area contributed by atoms with E-state index < -0.39 is 0 Å². The lowest BCUT2D eigenvalue weighted by atomic mass is 10.0. The first-order valence-corrected chi connectivity index (χ1v) is 8.96. The minimum absolute atomic E-state index is 0.0255. The molecule has 2 N–H and O–H groups in total. The van der Waals surface area contributed by atoms with Gasteiger partial charge in [0, 0.05) is 35.8 Å². The molecule has 0 aliphatic carbocycles. The zero-order chi connectivity index (χ0) is 19.4. The highest BCUT2D eigenvalue weighted by Crippen LogP contribution is 2.21. The molecule has 2 amide bonds. The van der Waals surface area contributed by atoms with Crippen LogP contribution in [0.25, 0.3) is 10.9 Å². The largest absolute Gasteiger partial charge is 0.359 e. The number of nitrogens with one attached hydrogen (secondary N) is 2. The number of amides is 2. The molecule has 1 aromatic heterocycles. The van der Waals surface area contributed by atoms with E-state index in [2.05, 4.69) is 15.6 Å². The maximum absolute atomic E-state index is 12.8. The van der Waals surface area contributed by atoms with Crippen LogP contribution in [0.5, 0.6) is 0 Å². The van der Waals surface area contributed by atoms with E-state index >= 15 is 0 Å². The number of hydrogen-bond donors (Lipinski definition) is 2. The van der Waals surface area contributed by atoms with Crippen LogP contribution in [-0.4, -0.2) is 23.8 Å². The van der Waals surface area contributed by atoms with Crippen molar-refractivity contribution in [3.8, 4) is 0 Å². The number of aryl methyl sites for hydroxylation is 3. The van der Waals surface area contributed by atoms with E-state index in [1.165, 1.54) is 0 Å². The van der Waals surface area contributed by atoms with E-state index in [1.807, 2.05) is 62.4 Å². The molecular weight excluding hydrogens is 338 g/mol. The first-order valence-electron chi connectivity index (χ1n) is 8.96. The second-order valence-electron chi connectivity index (χ2n) is 6.60. The summed E-state index contributed by atoms with van der Waals surface area (Å²) in [6.45, 7) is 3.99. The predicted octanol–water partition coefficient (Wildman–Crippen LogP) is 3.78. The number of pyridine rings is 1. The molecule has 138 valence electrons. The molecule has 2 aromatic carbocycles. The molecule has 0 aliphatic rings. The monoisotopic (exact) mass is 361 g/mol. The molecule has 3 aromatic rings. The van der Waals surface area contributed by atoms with Gasteiger partial charge in [0.25, 0.3) is 5.91 Å². The SMILES string of the molecule is CNC(=O)CCc1ccccc1NC(=O)c1ccc2c(C)cc(C)nc2c1. The van der Waals surface area contributed by atoms with Gasteiger partial charge in [0.2, 0.25) is 5.91 Å². The molecule has 0 fully saturated rings. The topological polar surface area (TPSA) is 71.1 Å². The van der Waals surface area contributed by atoms with Gasteiger partial charge >= 0.3 is 0 Å². The minimum Gasteiger partial charge on any atom is -0.359 e. The Morgan fingerprint density at radius 3 is 2.59 bits per heavy atom. The van der Waals surface area contributed by atoms with Crippen LogP contribution in [0.4, 0.5) is 5.69 Å². The zero-order valence-corrected chi connectivity index (χ0v) is 15.8. The third-order valence-corrected chi connectivity index (χ3v) is 4.57. The number of carbonyl (C=O) groups excluding carboxylic acids is 2. The standard InChI is InChI=1S/C22H23N3O2/c1-14-12-15(2)24-20-13-17(8-10-18(14)20)22(27)25-19-7-5-4-6-16(19)9-11-21(26)23-3/h4-8,10,12-13H,9,11H2,1-3H3,(H,23,26)(H,25,27). The van der Waals surface area contributed by atoms with Crippen molar-refractivity contribution in [2.75, 3.05) is 12.4 Å². The van der Waals surface area contributed by atoms with E-state index in [1.54, 1.807) is 7.05 Å². The number of rotatable bonds is 5. The Hall–Kier alpha value is -3.21. The second-order valence-corrected chi connectivity index (χ2v) is 6.60. The number of nitrogens with zero attached hydrogens (tertiary/aromatic N) is 1. The summed E-state index contributed by atoms with van der Waals surface area (Å²) in [5.41, 5.74) is 5.09. The summed E-state index contributed by atoms with van der Waals surface area (Å²) in [4.78, 5) is 28.8. The van der Waals surface area contributed by atoms with Gasteiger partial charge < -0.3 is 10.6 Å². The van der Waals surface area contributed by atoms with E-state index in [0.29, 0.717) is 18.4 Å². The van der Waals surface area contributed by atoms with Crippen LogP contribution in [-0.2, 0) is 11.2 Å². The van der Waals surface area contributed by atoms with Crippen molar-refractivity contribution in [1.29, 1.82) is 0 Å². The summed E-state index contributed by atoms with van der Waals surface area (Å²) in [5.74, 6) is -0.215. The maximum Gasteiger partial charge on any atom is 0.255 e. The Labute approximate surface area is 158 Å². The Morgan fingerprint density at radius 2 is 1.81 bits per heavy atom. The summed E-state index contributed by atoms with van der Waals surface area (Å²) < 4.78 is 0. The summed E-state index contributed by atoms with van der Waals surface area (Å²) >= 11 is 0. The van der Waals surface area contributed by atoms with Crippen molar-refractivity contribution < 1.29 is 9.59 Å². The Kier molecular flexibility index (Phi) is 5.50. The third kappa shape index (κ3) is 4.31. The third-order valence-electron chi connectivity index (χ3n) is 4.57. The fraction of sp³-hybridized carbons (Fsp3) is 0.227. The normalized spacial score (nSPS) is 10.6. The number of hydrogen-bond acceptors (Lipinski definition) is 3. The second kappa shape index (κ2) is 7.99. The maximum atomic E-state index is 12.8. The molecule has 5 heteroatoms. The molecule has 0 saturated heterocycles.